The van der Waals surface area contributed by atoms with Crippen molar-refractivity contribution in [2.75, 3.05) is 5.32 Å². The van der Waals surface area contributed by atoms with Crippen LogP contribution in [0.4, 0.5) is 5.69 Å². The van der Waals surface area contributed by atoms with Crippen molar-refractivity contribution in [1.29, 1.82) is 0 Å². The number of carbonyl (C=O) groups is 2. The monoisotopic (exact) mass is 366 g/mol. The largest absolute Gasteiger partial charge is 0.352 e. The second-order valence-electron chi connectivity index (χ2n) is 7.41. The van der Waals surface area contributed by atoms with Crippen molar-refractivity contribution < 1.29 is 9.59 Å². The van der Waals surface area contributed by atoms with Gasteiger partial charge in [0.25, 0.3) is 5.91 Å². The summed E-state index contributed by atoms with van der Waals surface area (Å²) in [5.74, 6) is -0.294. The Hall–Kier alpha value is -2.73. The summed E-state index contributed by atoms with van der Waals surface area (Å²) in [5.41, 5.74) is 8.10. The molecule has 3 rings (SSSR count). The van der Waals surface area contributed by atoms with Gasteiger partial charge in [0, 0.05) is 35.7 Å². The topological polar surface area (TPSA) is 97.1 Å². The van der Waals surface area contributed by atoms with Gasteiger partial charge in [0.1, 0.15) is 0 Å². The van der Waals surface area contributed by atoms with Gasteiger partial charge >= 0.3 is 0 Å². The lowest BCUT2D eigenvalue weighted by molar-refractivity contribution is -0.128. The number of hydrogen-bond acceptors (Lipinski definition) is 4. The zero-order chi connectivity index (χ0) is 19.3. The number of rotatable bonds is 5. The van der Waals surface area contributed by atoms with Crippen molar-refractivity contribution in [2.24, 2.45) is 11.7 Å². The van der Waals surface area contributed by atoms with Gasteiger partial charge in [-0.25, -0.2) is 0 Å². The van der Waals surface area contributed by atoms with Crippen molar-refractivity contribution in [2.45, 2.75) is 44.7 Å². The van der Waals surface area contributed by atoms with Crippen LogP contribution < -0.4 is 16.4 Å². The molecule has 1 aromatic carbocycles. The Kier molecular flexibility index (Phi) is 5.86. The summed E-state index contributed by atoms with van der Waals surface area (Å²) in [5, 5.41) is 5.84. The molecule has 1 fully saturated rings. The minimum absolute atomic E-state index is 0.0229. The van der Waals surface area contributed by atoms with Crippen LogP contribution in [0.1, 0.15) is 48.5 Å². The Balaban J connectivity index is 1.53. The number of nitrogens with zero attached hydrogens (tertiary/aromatic N) is 1. The quantitative estimate of drug-likeness (QED) is 0.758. The van der Waals surface area contributed by atoms with Crippen LogP contribution in [0.5, 0.6) is 0 Å². The molecule has 4 N–H and O–H groups in total. The fraction of sp³-hybridized carbons (Fsp3) is 0.381. The number of hydrogen-bond donors (Lipinski definition) is 3. The van der Waals surface area contributed by atoms with Crippen molar-refractivity contribution >= 4 is 17.5 Å². The molecule has 6 nitrogen and oxygen atoms in total. The van der Waals surface area contributed by atoms with Crippen LogP contribution in [0, 0.1) is 5.92 Å². The van der Waals surface area contributed by atoms with Crippen LogP contribution >= 0.6 is 0 Å². The van der Waals surface area contributed by atoms with E-state index in [4.69, 9.17) is 5.73 Å². The Morgan fingerprint density at radius 3 is 2.52 bits per heavy atom. The van der Waals surface area contributed by atoms with Gasteiger partial charge in [-0.1, -0.05) is 25.0 Å². The lowest BCUT2D eigenvalue weighted by atomic mass is 9.74. The fourth-order valence-corrected chi connectivity index (χ4v) is 3.51. The summed E-state index contributed by atoms with van der Waals surface area (Å²) in [7, 11) is 0. The fourth-order valence-electron chi connectivity index (χ4n) is 3.51. The molecule has 2 unspecified atom stereocenters. The van der Waals surface area contributed by atoms with E-state index in [1.165, 1.54) is 0 Å². The van der Waals surface area contributed by atoms with Gasteiger partial charge in [0.05, 0.1) is 5.92 Å². The van der Waals surface area contributed by atoms with E-state index in [1.807, 2.05) is 31.2 Å². The van der Waals surface area contributed by atoms with Gasteiger partial charge in [-0.3, -0.25) is 14.6 Å². The standard InChI is InChI=1S/C21H26N4O2/c1-21(22)11-3-2-4-18(21)20(27)24-14-15-5-7-17(8-6-15)25-19(26)16-9-12-23-13-10-16/h5-10,12-13,18H,2-4,11,14,22H2,1H3,(H,24,27)(H,25,26). The lowest BCUT2D eigenvalue weighted by Crippen LogP contribution is -2.52. The van der Waals surface area contributed by atoms with Gasteiger partial charge in [-0.05, 0) is 49.6 Å². The van der Waals surface area contributed by atoms with E-state index in [1.54, 1.807) is 24.5 Å². The predicted molar refractivity (Wildman–Crippen MR) is 105 cm³/mol. The highest BCUT2D eigenvalue weighted by molar-refractivity contribution is 6.04. The minimum Gasteiger partial charge on any atom is -0.352 e. The molecule has 2 atom stereocenters. The number of amides is 2. The number of aromatic nitrogens is 1. The first-order valence-corrected chi connectivity index (χ1v) is 9.32. The maximum absolute atomic E-state index is 12.5. The first kappa shape index (κ1) is 19.0. The maximum atomic E-state index is 12.5. The molecule has 1 aliphatic carbocycles. The van der Waals surface area contributed by atoms with Crippen LogP contribution in [-0.4, -0.2) is 22.3 Å². The maximum Gasteiger partial charge on any atom is 0.255 e. The summed E-state index contributed by atoms with van der Waals surface area (Å²) in [4.78, 5) is 28.5. The summed E-state index contributed by atoms with van der Waals surface area (Å²) < 4.78 is 0. The molecule has 27 heavy (non-hydrogen) atoms. The minimum atomic E-state index is -0.427. The van der Waals surface area contributed by atoms with Crippen molar-refractivity contribution in [3.05, 3.63) is 59.9 Å². The number of benzene rings is 1. The van der Waals surface area contributed by atoms with Crippen LogP contribution in [-0.2, 0) is 11.3 Å². The number of nitrogens with two attached hydrogens (primary N) is 1. The van der Waals surface area contributed by atoms with Gasteiger partial charge in [0.2, 0.25) is 5.91 Å². The third kappa shape index (κ3) is 4.92. The van der Waals surface area contributed by atoms with E-state index < -0.39 is 5.54 Å². The summed E-state index contributed by atoms with van der Waals surface area (Å²) >= 11 is 0. The number of carbonyl (C=O) groups excluding carboxylic acids is 2. The third-order valence-electron chi connectivity index (χ3n) is 5.19. The molecule has 1 aliphatic rings. The Labute approximate surface area is 159 Å². The van der Waals surface area contributed by atoms with E-state index in [0.717, 1.165) is 31.2 Å². The average molecular weight is 366 g/mol. The molecule has 0 aliphatic heterocycles. The first-order chi connectivity index (χ1) is 13.0. The molecule has 2 amide bonds. The number of anilines is 1. The molecule has 142 valence electrons. The number of pyridine rings is 1. The molecule has 1 aromatic heterocycles. The number of nitrogens with one attached hydrogen (secondary N) is 2. The van der Waals surface area contributed by atoms with Gasteiger partial charge in [0.15, 0.2) is 0 Å². The van der Waals surface area contributed by atoms with Crippen LogP contribution in [0.2, 0.25) is 0 Å². The Morgan fingerprint density at radius 1 is 1.15 bits per heavy atom. The summed E-state index contributed by atoms with van der Waals surface area (Å²) in [6.07, 6.45) is 7.04. The highest BCUT2D eigenvalue weighted by Crippen LogP contribution is 2.31. The second-order valence-corrected chi connectivity index (χ2v) is 7.41. The average Bonchev–Trinajstić information content (AvgIpc) is 2.67. The smallest absolute Gasteiger partial charge is 0.255 e. The first-order valence-electron chi connectivity index (χ1n) is 9.32. The highest BCUT2D eigenvalue weighted by Gasteiger charge is 2.37. The second kappa shape index (κ2) is 8.31. The Morgan fingerprint density at radius 2 is 1.85 bits per heavy atom. The SMILES string of the molecule is CC1(N)CCCCC1C(=O)NCc1ccc(NC(=O)c2ccncc2)cc1. The molecule has 0 saturated heterocycles. The highest BCUT2D eigenvalue weighted by atomic mass is 16.2. The molecule has 6 heteroatoms. The lowest BCUT2D eigenvalue weighted by Gasteiger charge is -2.37. The normalized spacial score (nSPS) is 22.1. The van der Waals surface area contributed by atoms with Crippen molar-refractivity contribution in [3.8, 4) is 0 Å². The summed E-state index contributed by atoms with van der Waals surface area (Å²) in [6.45, 7) is 2.42. The Bertz CT molecular complexity index is 788. The molecule has 0 spiro atoms. The van der Waals surface area contributed by atoms with Gasteiger partial charge < -0.3 is 16.4 Å². The molecule has 0 bridgehead atoms. The van der Waals surface area contributed by atoms with E-state index in [9.17, 15) is 9.59 Å². The van der Waals surface area contributed by atoms with Crippen LogP contribution in [0.3, 0.4) is 0 Å². The molecule has 1 saturated carbocycles. The van der Waals surface area contributed by atoms with Crippen molar-refractivity contribution in [1.82, 2.24) is 10.3 Å². The van der Waals surface area contributed by atoms with Crippen LogP contribution in [0.15, 0.2) is 48.8 Å². The zero-order valence-corrected chi connectivity index (χ0v) is 15.6. The van der Waals surface area contributed by atoms with E-state index in [-0.39, 0.29) is 17.7 Å². The van der Waals surface area contributed by atoms with Crippen LogP contribution in [0.25, 0.3) is 0 Å². The summed E-state index contributed by atoms with van der Waals surface area (Å²) in [6, 6.07) is 10.8. The molecule has 1 heterocycles. The van der Waals surface area contributed by atoms with E-state index >= 15 is 0 Å². The molecular weight excluding hydrogens is 340 g/mol. The molecule has 0 radical (unpaired) electrons. The van der Waals surface area contributed by atoms with Gasteiger partial charge in [-0.2, -0.15) is 0 Å². The van der Waals surface area contributed by atoms with Crippen molar-refractivity contribution in [3.63, 3.8) is 0 Å². The molecular formula is C21H26N4O2. The third-order valence-corrected chi connectivity index (χ3v) is 5.19. The van der Waals surface area contributed by atoms with E-state index in [2.05, 4.69) is 15.6 Å². The predicted octanol–water partition coefficient (Wildman–Crippen LogP) is 2.86. The zero-order valence-electron chi connectivity index (χ0n) is 15.6. The molecule has 2 aromatic rings. The van der Waals surface area contributed by atoms with E-state index in [0.29, 0.717) is 17.8 Å². The van der Waals surface area contributed by atoms with Gasteiger partial charge in [-0.15, -0.1) is 0 Å².